The second-order valence-electron chi connectivity index (χ2n) is 19.2. The number of aliphatic hydroxyl groups is 2. The molecule has 3 aliphatic carbocycles. The molecule has 11 atom stereocenters. The Labute approximate surface area is 413 Å². The highest BCUT2D eigenvalue weighted by Gasteiger charge is 2.78. The summed E-state index contributed by atoms with van der Waals surface area (Å²) in [6, 6.07) is 21.1. The Balaban J connectivity index is 1.43. The first-order valence-electron chi connectivity index (χ1n) is 22.9. The first kappa shape index (κ1) is 53.0. The minimum Gasteiger partial charge on any atom is -0.480 e. The van der Waals surface area contributed by atoms with E-state index >= 15 is 9.59 Å². The molecule has 0 aromatic heterocycles. The monoisotopic (exact) mass is 1020 g/mol. The van der Waals surface area contributed by atoms with Crippen molar-refractivity contribution < 1.29 is 90.5 Å². The summed E-state index contributed by atoms with van der Waals surface area (Å²) in [4.78, 5) is 110. The van der Waals surface area contributed by atoms with Crippen LogP contribution in [0.1, 0.15) is 86.7 Å². The molecule has 3 aromatic rings. The molecule has 384 valence electrons. The number of esters is 5. The fraction of sp³-hybridized carbons (Fsp3) is 0.451. The van der Waals surface area contributed by atoms with Crippen molar-refractivity contribution in [3.63, 3.8) is 0 Å². The predicted molar refractivity (Wildman–Crippen MR) is 248 cm³/mol. The molecule has 0 spiro atoms. The molecule has 7 rings (SSSR count). The fourth-order valence-corrected chi connectivity index (χ4v) is 11.8. The van der Waals surface area contributed by atoms with Gasteiger partial charge in [-0.2, -0.15) is 0 Å². The Hall–Kier alpha value is -6.81. The zero-order valence-electron chi connectivity index (χ0n) is 40.1. The van der Waals surface area contributed by atoms with Crippen molar-refractivity contribution in [1.82, 2.24) is 5.32 Å². The molecule has 1 saturated heterocycles. The maximum Gasteiger partial charge on any atom is 0.350 e. The first-order chi connectivity index (χ1) is 33.8. The summed E-state index contributed by atoms with van der Waals surface area (Å²) in [5.74, 6) is -14.2. The van der Waals surface area contributed by atoms with E-state index in [1.807, 2.05) is 0 Å². The standard InChI is InChI=1S/C51H55NO19S/c1-27-33(68-47(62)41(69-37(58)25-72(64,65)24-36(56)57)39(30-16-10-7-11-17-30)52-45(60)31-18-12-8-13-19-31)23-51(63)44(70-46(61)32-20-14-9-15-21-32)42-49(6,34(55)22-35-50(42,26-66-35)71-29(3)54)43(59)40(67-28(2)53)38(27)48(51,4)5/h7-21,33-35,39-42,44,55,63H,22-26H2,1-6H3,(H,52,60)(H,56,57)/t33-,34-,35+,39-,40+,41+,42-,44-,49+,50-,51+/m0/s1. The van der Waals surface area contributed by atoms with Gasteiger partial charge in [0.1, 0.15) is 41.5 Å². The molecule has 3 fully saturated rings. The van der Waals surface area contributed by atoms with Gasteiger partial charge in [-0.3, -0.25) is 28.8 Å². The highest BCUT2D eigenvalue weighted by molar-refractivity contribution is 7.92. The van der Waals surface area contributed by atoms with Crippen molar-refractivity contribution in [2.45, 2.75) is 108 Å². The summed E-state index contributed by atoms with van der Waals surface area (Å²) in [5, 5.41) is 37.9. The van der Waals surface area contributed by atoms with Crippen molar-refractivity contribution in [3.8, 4) is 0 Å². The van der Waals surface area contributed by atoms with Gasteiger partial charge >= 0.3 is 35.8 Å². The van der Waals surface area contributed by atoms with Crippen molar-refractivity contribution in [3.05, 3.63) is 119 Å². The molecule has 0 unspecified atom stereocenters. The lowest BCUT2D eigenvalue weighted by Gasteiger charge is -2.67. The molecule has 3 aromatic carbocycles. The van der Waals surface area contributed by atoms with E-state index in [2.05, 4.69) is 5.32 Å². The molecular formula is C51H55NO19S. The van der Waals surface area contributed by atoms with Crippen LogP contribution in [0.25, 0.3) is 0 Å². The van der Waals surface area contributed by atoms with E-state index in [1.54, 1.807) is 42.5 Å². The molecule has 2 bridgehead atoms. The summed E-state index contributed by atoms with van der Waals surface area (Å²) >= 11 is 0. The lowest BCUT2D eigenvalue weighted by atomic mass is 9.44. The van der Waals surface area contributed by atoms with Crippen LogP contribution in [0.15, 0.2) is 102 Å². The van der Waals surface area contributed by atoms with Gasteiger partial charge in [0.25, 0.3) is 5.91 Å². The van der Waals surface area contributed by atoms with Gasteiger partial charge in [0.05, 0.1) is 29.6 Å². The van der Waals surface area contributed by atoms with Gasteiger partial charge < -0.3 is 49.1 Å². The largest absolute Gasteiger partial charge is 0.480 e. The van der Waals surface area contributed by atoms with Crippen LogP contribution in [0.4, 0.5) is 0 Å². The number of sulfone groups is 1. The van der Waals surface area contributed by atoms with Crippen LogP contribution < -0.4 is 5.32 Å². The summed E-state index contributed by atoms with van der Waals surface area (Å²) in [6.45, 7) is 7.39. The Bertz CT molecular complexity index is 2800. The Kier molecular flexibility index (Phi) is 14.7. The Morgan fingerprint density at radius 3 is 1.94 bits per heavy atom. The van der Waals surface area contributed by atoms with Crippen LogP contribution in [-0.4, -0.2) is 137 Å². The number of carboxylic acids is 1. The number of aliphatic carboxylic acids is 1. The number of benzene rings is 3. The van der Waals surface area contributed by atoms with E-state index in [0.717, 1.165) is 13.8 Å². The lowest BCUT2D eigenvalue weighted by Crippen LogP contribution is -2.82. The van der Waals surface area contributed by atoms with Gasteiger partial charge in [0.2, 0.25) is 6.10 Å². The smallest absolute Gasteiger partial charge is 0.350 e. The van der Waals surface area contributed by atoms with E-state index in [4.69, 9.17) is 28.4 Å². The number of carbonyl (C=O) groups is 8. The van der Waals surface area contributed by atoms with Gasteiger partial charge in [0, 0.05) is 37.7 Å². The number of rotatable bonds is 15. The van der Waals surface area contributed by atoms with E-state index in [1.165, 1.54) is 76.2 Å². The third-order valence-corrected chi connectivity index (χ3v) is 15.8. The summed E-state index contributed by atoms with van der Waals surface area (Å²) < 4.78 is 61.6. The molecule has 1 aliphatic heterocycles. The topological polar surface area (TPSA) is 299 Å². The summed E-state index contributed by atoms with van der Waals surface area (Å²) in [6.07, 6.45) is -11.8. The highest BCUT2D eigenvalue weighted by Crippen LogP contribution is 2.64. The second-order valence-corrected chi connectivity index (χ2v) is 21.3. The minimum absolute atomic E-state index is 0.00337. The SMILES string of the molecule is CC(=O)O[C@H]1C(=O)[C@@]2(C)[C@H]([C@H](OC(=O)c3ccccc3)[C@]3(O)C[C@H](OC(=O)[C@H](OC(=O)CS(=O)(=O)CC(=O)O)[C@@H](NC(=O)c4ccccc4)c4ccccc4)C(C)=C1C3(C)C)[C@]1(OC(C)=O)CO[C@@H]1C[C@@H]2O. The minimum atomic E-state index is -4.70. The first-order valence-corrected chi connectivity index (χ1v) is 24.7. The number of hydrogen-bond donors (Lipinski definition) is 4. The molecule has 72 heavy (non-hydrogen) atoms. The van der Waals surface area contributed by atoms with Crippen molar-refractivity contribution >= 4 is 57.3 Å². The zero-order chi connectivity index (χ0) is 52.7. The van der Waals surface area contributed by atoms with Crippen molar-refractivity contribution in [2.24, 2.45) is 16.7 Å². The van der Waals surface area contributed by atoms with Gasteiger partial charge in [-0.05, 0) is 54.8 Å². The van der Waals surface area contributed by atoms with E-state index in [0.29, 0.717) is 0 Å². The molecular weight excluding hydrogens is 963 g/mol. The number of aliphatic hydroxyl groups excluding tert-OH is 1. The number of Topliss-reactive ketones (excluding diaryl/α,β-unsaturated/α-hetero) is 1. The second kappa shape index (κ2) is 20.0. The number of carbonyl (C=O) groups excluding carboxylic acids is 7. The fourth-order valence-electron chi connectivity index (χ4n) is 10.9. The molecule has 21 heteroatoms. The van der Waals surface area contributed by atoms with Crippen LogP contribution >= 0.6 is 0 Å². The summed E-state index contributed by atoms with van der Waals surface area (Å²) in [5.41, 5.74) is -8.43. The predicted octanol–water partition coefficient (Wildman–Crippen LogP) is 2.79. The molecule has 4 N–H and O–H groups in total. The maximum atomic E-state index is 15.7. The number of ketones is 1. The average molecular weight is 1020 g/mol. The molecule has 4 aliphatic rings. The molecule has 20 nitrogen and oxygen atoms in total. The lowest BCUT2D eigenvalue weighted by molar-refractivity contribution is -0.346. The van der Waals surface area contributed by atoms with E-state index in [-0.39, 0.29) is 34.3 Å². The average Bonchev–Trinajstić information content (AvgIpc) is 3.31. The number of fused-ring (bicyclic) bond motifs is 5. The van der Waals surface area contributed by atoms with Crippen LogP contribution in [-0.2, 0) is 67.0 Å². The van der Waals surface area contributed by atoms with Gasteiger partial charge in [0.15, 0.2) is 27.3 Å². The van der Waals surface area contributed by atoms with Crippen LogP contribution in [0.3, 0.4) is 0 Å². The maximum absolute atomic E-state index is 15.7. The van der Waals surface area contributed by atoms with Crippen LogP contribution in [0.5, 0.6) is 0 Å². The van der Waals surface area contributed by atoms with E-state index in [9.17, 15) is 52.5 Å². The highest BCUT2D eigenvalue weighted by atomic mass is 32.2. The number of ether oxygens (including phenoxy) is 6. The molecule has 1 heterocycles. The molecule has 1 amide bonds. The molecule has 2 saturated carbocycles. The number of carboxylic acid groups (broad SMARTS) is 1. The quantitative estimate of drug-likeness (QED) is 0.0967. The van der Waals surface area contributed by atoms with Crippen molar-refractivity contribution in [2.75, 3.05) is 18.1 Å². The third kappa shape index (κ3) is 9.77. The van der Waals surface area contributed by atoms with E-state index < -0.39 is 152 Å². The van der Waals surface area contributed by atoms with Crippen LogP contribution in [0.2, 0.25) is 0 Å². The van der Waals surface area contributed by atoms with Gasteiger partial charge in [-0.1, -0.05) is 80.6 Å². The van der Waals surface area contributed by atoms with Gasteiger partial charge in [-0.25, -0.2) is 18.0 Å². The Morgan fingerprint density at radius 2 is 1.40 bits per heavy atom. The third-order valence-electron chi connectivity index (χ3n) is 14.4. The number of hydrogen-bond acceptors (Lipinski definition) is 18. The normalized spacial score (nSPS) is 29.1. The molecule has 0 radical (unpaired) electrons. The zero-order valence-corrected chi connectivity index (χ0v) is 40.9. The van der Waals surface area contributed by atoms with Crippen molar-refractivity contribution in [1.29, 1.82) is 0 Å². The number of amides is 1. The Morgan fingerprint density at radius 1 is 0.819 bits per heavy atom. The van der Waals surface area contributed by atoms with Gasteiger partial charge in [-0.15, -0.1) is 0 Å². The number of nitrogens with one attached hydrogen (secondary N) is 1. The summed E-state index contributed by atoms with van der Waals surface area (Å²) in [7, 11) is -4.70. The van der Waals surface area contributed by atoms with Crippen LogP contribution in [0, 0.1) is 16.7 Å².